The predicted molar refractivity (Wildman–Crippen MR) is 139 cm³/mol. The highest BCUT2D eigenvalue weighted by molar-refractivity contribution is 7.22. The van der Waals surface area contributed by atoms with Crippen molar-refractivity contribution in [1.29, 1.82) is 0 Å². The number of carbonyl (C=O) groups is 2. The van der Waals surface area contributed by atoms with Crippen LogP contribution in [0.5, 0.6) is 17.2 Å². The molecule has 1 amide bonds. The number of Topliss-reactive ketones (excluding diaryl/α,β-unsaturated/α-hetero) is 1. The molecule has 0 saturated heterocycles. The van der Waals surface area contributed by atoms with E-state index in [4.69, 9.17) is 14.2 Å². The standard InChI is InChI=1S/C26H22N2O6S2/c1-4-34-15-8-9-16-20(13-15)36-26(27-16)28-22(14-7-10-17(32-2)18(12-14)33-3)21(24(30)25(28)31)23(29)19-6-5-11-35-19/h5-13,22,30H,4H2,1-3H3/t22-/m0/s1. The summed E-state index contributed by atoms with van der Waals surface area (Å²) >= 11 is 2.52. The lowest BCUT2D eigenvalue weighted by Crippen LogP contribution is -2.31. The predicted octanol–water partition coefficient (Wildman–Crippen LogP) is 5.56. The molecular weight excluding hydrogens is 500 g/mol. The van der Waals surface area contributed by atoms with Crippen LogP contribution in [-0.4, -0.2) is 42.6 Å². The van der Waals surface area contributed by atoms with Crippen molar-refractivity contribution in [1.82, 2.24) is 4.98 Å². The molecule has 8 nitrogen and oxygen atoms in total. The average Bonchev–Trinajstić information content (AvgIpc) is 3.62. The minimum atomic E-state index is -0.918. The van der Waals surface area contributed by atoms with Crippen LogP contribution in [0.3, 0.4) is 0 Å². The van der Waals surface area contributed by atoms with Crippen LogP contribution in [0.25, 0.3) is 10.2 Å². The number of ether oxygens (including phenoxy) is 3. The zero-order valence-electron chi connectivity index (χ0n) is 19.7. The van der Waals surface area contributed by atoms with E-state index in [9.17, 15) is 14.7 Å². The SMILES string of the molecule is CCOc1ccc2nc(N3C(=O)C(O)=C(C(=O)c4cccs4)[C@@H]3c3ccc(OC)c(OC)c3)sc2c1. The molecule has 184 valence electrons. The smallest absolute Gasteiger partial charge is 0.296 e. The Hall–Kier alpha value is -3.89. The Morgan fingerprint density at radius 3 is 2.61 bits per heavy atom. The van der Waals surface area contributed by atoms with Crippen molar-refractivity contribution < 1.29 is 28.9 Å². The summed E-state index contributed by atoms with van der Waals surface area (Å²) in [6, 6.07) is 13.1. The van der Waals surface area contributed by atoms with E-state index in [1.165, 1.54) is 41.8 Å². The van der Waals surface area contributed by atoms with E-state index >= 15 is 0 Å². The molecule has 0 saturated carbocycles. The van der Waals surface area contributed by atoms with Gasteiger partial charge in [0.2, 0.25) is 5.78 Å². The van der Waals surface area contributed by atoms with Crippen LogP contribution in [0.15, 0.2) is 65.2 Å². The number of hydrogen-bond donors (Lipinski definition) is 1. The summed E-state index contributed by atoms with van der Waals surface area (Å²) in [4.78, 5) is 33.4. The molecule has 1 atom stereocenters. The highest BCUT2D eigenvalue weighted by atomic mass is 32.1. The van der Waals surface area contributed by atoms with Gasteiger partial charge in [-0.3, -0.25) is 14.5 Å². The fourth-order valence-corrected chi connectivity index (χ4v) is 5.86. The van der Waals surface area contributed by atoms with Gasteiger partial charge >= 0.3 is 0 Å². The monoisotopic (exact) mass is 522 g/mol. The second kappa shape index (κ2) is 9.63. The van der Waals surface area contributed by atoms with Crippen molar-refractivity contribution in [3.8, 4) is 17.2 Å². The van der Waals surface area contributed by atoms with Crippen LogP contribution >= 0.6 is 22.7 Å². The first kappa shape index (κ1) is 23.8. The Labute approximate surface area is 215 Å². The molecule has 0 radical (unpaired) electrons. The van der Waals surface area contributed by atoms with Gasteiger partial charge in [0.15, 0.2) is 22.4 Å². The van der Waals surface area contributed by atoms with E-state index in [-0.39, 0.29) is 5.57 Å². The van der Waals surface area contributed by atoms with Crippen molar-refractivity contribution in [2.24, 2.45) is 0 Å². The molecule has 2 aromatic carbocycles. The van der Waals surface area contributed by atoms with Gasteiger partial charge in [0, 0.05) is 0 Å². The van der Waals surface area contributed by atoms with Crippen molar-refractivity contribution >= 4 is 49.7 Å². The molecule has 0 spiro atoms. The molecule has 1 aliphatic rings. The number of hydrogen-bond acceptors (Lipinski definition) is 9. The lowest BCUT2D eigenvalue weighted by molar-refractivity contribution is -0.117. The van der Waals surface area contributed by atoms with E-state index in [0.29, 0.717) is 44.9 Å². The number of methoxy groups -OCH3 is 2. The number of amides is 1. The number of thiazole rings is 1. The summed E-state index contributed by atoms with van der Waals surface area (Å²) in [5.74, 6) is -0.0831. The quantitative estimate of drug-likeness (QED) is 0.303. The molecule has 1 N–H and O–H groups in total. The highest BCUT2D eigenvalue weighted by Crippen LogP contribution is 2.46. The Balaban J connectivity index is 1.67. The van der Waals surface area contributed by atoms with Crippen molar-refractivity contribution in [3.63, 3.8) is 0 Å². The van der Waals surface area contributed by atoms with E-state index in [0.717, 1.165) is 4.70 Å². The Morgan fingerprint density at radius 1 is 1.11 bits per heavy atom. The fourth-order valence-electron chi connectivity index (χ4n) is 4.17. The number of benzene rings is 2. The third-order valence-electron chi connectivity index (χ3n) is 5.79. The fraction of sp³-hybridized carbons (Fsp3) is 0.192. The van der Waals surface area contributed by atoms with Gasteiger partial charge in [0.25, 0.3) is 5.91 Å². The van der Waals surface area contributed by atoms with E-state index in [1.807, 2.05) is 25.1 Å². The van der Waals surface area contributed by atoms with Crippen molar-refractivity contribution in [2.75, 3.05) is 25.7 Å². The van der Waals surface area contributed by atoms with Crippen LogP contribution in [-0.2, 0) is 4.79 Å². The molecule has 0 fully saturated rings. The summed E-state index contributed by atoms with van der Waals surface area (Å²) in [5, 5.41) is 13.1. The van der Waals surface area contributed by atoms with Crippen LogP contribution < -0.4 is 19.1 Å². The number of carbonyl (C=O) groups excluding carboxylic acids is 2. The first-order valence-electron chi connectivity index (χ1n) is 11.1. The molecule has 3 heterocycles. The molecule has 0 bridgehead atoms. The normalized spacial score (nSPS) is 15.6. The summed E-state index contributed by atoms with van der Waals surface area (Å²) in [6.45, 7) is 2.43. The number of nitrogens with zero attached hydrogens (tertiary/aromatic N) is 2. The number of ketones is 1. The Morgan fingerprint density at radius 2 is 1.92 bits per heavy atom. The van der Waals surface area contributed by atoms with Gasteiger partial charge in [-0.2, -0.15) is 0 Å². The van der Waals surface area contributed by atoms with Crippen LogP contribution in [0.4, 0.5) is 5.13 Å². The molecule has 1 aliphatic heterocycles. The van der Waals surface area contributed by atoms with Gasteiger partial charge in [0.05, 0.1) is 47.5 Å². The number of anilines is 1. The summed E-state index contributed by atoms with van der Waals surface area (Å²) in [6.07, 6.45) is 0. The first-order chi connectivity index (χ1) is 17.5. The van der Waals surface area contributed by atoms with Gasteiger partial charge < -0.3 is 19.3 Å². The highest BCUT2D eigenvalue weighted by Gasteiger charge is 2.46. The third kappa shape index (κ3) is 3.98. The lowest BCUT2D eigenvalue weighted by atomic mass is 9.95. The molecule has 2 aromatic heterocycles. The van der Waals surface area contributed by atoms with Crippen molar-refractivity contribution in [3.05, 3.63) is 75.7 Å². The molecule has 10 heteroatoms. The van der Waals surface area contributed by atoms with Crippen LogP contribution in [0, 0.1) is 0 Å². The number of fused-ring (bicyclic) bond motifs is 1. The minimum Gasteiger partial charge on any atom is -0.503 e. The third-order valence-corrected chi connectivity index (χ3v) is 7.67. The first-order valence-corrected chi connectivity index (χ1v) is 12.8. The second-order valence-corrected chi connectivity index (χ2v) is 9.78. The molecular formula is C26H22N2O6S2. The maximum Gasteiger partial charge on any atom is 0.296 e. The zero-order valence-corrected chi connectivity index (χ0v) is 21.3. The summed E-state index contributed by atoms with van der Waals surface area (Å²) < 4.78 is 17.2. The molecule has 0 unspecified atom stereocenters. The molecule has 4 aromatic rings. The largest absolute Gasteiger partial charge is 0.503 e. The average molecular weight is 523 g/mol. The maximum absolute atomic E-state index is 13.5. The van der Waals surface area contributed by atoms with E-state index in [1.54, 1.807) is 35.7 Å². The number of aromatic nitrogens is 1. The second-order valence-electron chi connectivity index (χ2n) is 7.82. The van der Waals surface area contributed by atoms with Crippen molar-refractivity contribution in [2.45, 2.75) is 13.0 Å². The molecule has 0 aliphatic carbocycles. The van der Waals surface area contributed by atoms with Gasteiger partial charge in [-0.05, 0) is 54.3 Å². The number of aliphatic hydroxyl groups is 1. The number of thiophene rings is 1. The topological polar surface area (TPSA) is 98.2 Å². The van der Waals surface area contributed by atoms with Gasteiger partial charge in [0.1, 0.15) is 5.75 Å². The van der Waals surface area contributed by atoms with Crippen LogP contribution in [0.2, 0.25) is 0 Å². The zero-order chi connectivity index (χ0) is 25.4. The summed E-state index contributed by atoms with van der Waals surface area (Å²) in [7, 11) is 3.03. The van der Waals surface area contributed by atoms with Gasteiger partial charge in [-0.1, -0.05) is 23.5 Å². The Bertz CT molecular complexity index is 1490. The number of aliphatic hydroxyl groups excluding tert-OH is 1. The number of rotatable bonds is 8. The summed E-state index contributed by atoms with van der Waals surface area (Å²) in [5.41, 5.74) is 1.23. The minimum absolute atomic E-state index is 0.0102. The van der Waals surface area contributed by atoms with Crippen LogP contribution in [0.1, 0.15) is 28.2 Å². The molecule has 5 rings (SSSR count). The Kier molecular flexibility index (Phi) is 6.38. The lowest BCUT2D eigenvalue weighted by Gasteiger charge is -2.25. The maximum atomic E-state index is 13.5. The van der Waals surface area contributed by atoms with E-state index in [2.05, 4.69) is 4.98 Å². The van der Waals surface area contributed by atoms with Gasteiger partial charge in [-0.25, -0.2) is 4.98 Å². The molecule has 36 heavy (non-hydrogen) atoms. The van der Waals surface area contributed by atoms with E-state index < -0.39 is 23.5 Å². The van der Waals surface area contributed by atoms with Gasteiger partial charge in [-0.15, -0.1) is 11.3 Å².